The molecule has 0 amide bonds. The van der Waals surface area contributed by atoms with Crippen LogP contribution in [0.2, 0.25) is 0 Å². The maximum absolute atomic E-state index is 12.2. The van der Waals surface area contributed by atoms with Gasteiger partial charge in [0.2, 0.25) is 6.79 Å². The summed E-state index contributed by atoms with van der Waals surface area (Å²) in [5.41, 5.74) is 0.410. The fraction of sp³-hybridized carbons (Fsp3) is 0.462. The van der Waals surface area contributed by atoms with Crippen LogP contribution in [-0.2, 0) is 0 Å². The first kappa shape index (κ1) is 9.48. The monoisotopic (exact) mass is 240 g/mol. The summed E-state index contributed by atoms with van der Waals surface area (Å²) in [6.07, 6.45) is 0.395. The van der Waals surface area contributed by atoms with E-state index in [9.17, 15) is 4.79 Å². The van der Waals surface area contributed by atoms with Gasteiger partial charge < -0.3 is 14.8 Å². The van der Waals surface area contributed by atoms with Crippen LogP contribution < -0.4 is 14.8 Å². The summed E-state index contributed by atoms with van der Waals surface area (Å²) in [6.45, 7) is -0.446. The lowest BCUT2D eigenvalue weighted by Gasteiger charge is -2.12. The van der Waals surface area contributed by atoms with Crippen LogP contribution in [0, 0.1) is 0 Å². The van der Waals surface area contributed by atoms with Crippen LogP contribution >= 0.6 is 0 Å². The highest BCUT2D eigenvalue weighted by Gasteiger charge is 2.20. The van der Waals surface area contributed by atoms with Crippen molar-refractivity contribution >= 4 is 5.78 Å². The van der Waals surface area contributed by atoms with Gasteiger partial charge in [0, 0.05) is 9.68 Å². The molecule has 0 aromatic heterocycles. The van der Waals surface area contributed by atoms with E-state index < -0.39 is 13.0 Å². The number of hydrogen-bond donors (Lipinski definition) is 1. The highest BCUT2D eigenvalue weighted by Crippen LogP contribution is 2.32. The molecule has 0 fully saturated rings. The number of likely N-dealkylation sites (N-methyl/N-ethyl adjacent to an activating group) is 1. The topological polar surface area (TPSA) is 47.6 Å². The Balaban J connectivity index is 0.00000200. The first-order valence-corrected chi connectivity index (χ1v) is 5.12. The number of Topliss-reactive ketones (excluding diaryl/α,β-unsaturated/α-hetero) is 1. The number of ether oxygens (including phenoxy) is 2. The van der Waals surface area contributed by atoms with Crippen LogP contribution in [0.5, 0.6) is 11.5 Å². The normalized spacial score (nSPS) is 17.4. The van der Waals surface area contributed by atoms with Crippen molar-refractivity contribution in [2.24, 2.45) is 0 Å². The SMILES string of the molecule is C.[2H]C([2H])([2H])NC(CC)C(=O)c1ccc2c(c1)OCO2. The molecule has 1 aromatic carbocycles. The molecule has 1 N–H and O–H groups in total. The van der Waals surface area contributed by atoms with Gasteiger partial charge in [0.15, 0.2) is 17.3 Å². The molecule has 0 spiro atoms. The first-order chi connectivity index (χ1) is 8.90. The Kier molecular flexibility index (Phi) is 3.17. The highest BCUT2D eigenvalue weighted by atomic mass is 16.7. The fourth-order valence-electron chi connectivity index (χ4n) is 1.60. The summed E-state index contributed by atoms with van der Waals surface area (Å²) >= 11 is 0. The lowest BCUT2D eigenvalue weighted by Crippen LogP contribution is -2.33. The summed E-state index contributed by atoms with van der Waals surface area (Å²) < 4.78 is 31.9. The van der Waals surface area contributed by atoms with Crippen molar-refractivity contribution in [3.8, 4) is 11.5 Å². The van der Waals surface area contributed by atoms with E-state index in [1.54, 1.807) is 25.1 Å². The Labute approximate surface area is 106 Å². The molecule has 1 unspecified atom stereocenters. The molecule has 0 saturated carbocycles. The number of carbonyl (C=O) groups excluding carboxylic acids is 1. The van der Waals surface area contributed by atoms with E-state index >= 15 is 0 Å². The number of ketones is 1. The lowest BCUT2D eigenvalue weighted by molar-refractivity contribution is 0.0944. The Morgan fingerprint density at radius 1 is 1.53 bits per heavy atom. The molecule has 17 heavy (non-hydrogen) atoms. The number of benzene rings is 1. The molecule has 1 aliphatic rings. The molecule has 2 rings (SSSR count). The minimum atomic E-state index is -2.34. The summed E-state index contributed by atoms with van der Waals surface area (Å²) in [5.74, 6) is 0.833. The van der Waals surface area contributed by atoms with E-state index in [-0.39, 0.29) is 20.0 Å². The molecule has 4 nitrogen and oxygen atoms in total. The molecule has 1 heterocycles. The van der Waals surface area contributed by atoms with Gasteiger partial charge in [-0.15, -0.1) is 0 Å². The van der Waals surface area contributed by atoms with Gasteiger partial charge in [-0.1, -0.05) is 14.4 Å². The second-order valence-corrected chi connectivity index (χ2v) is 3.54. The zero-order valence-electron chi connectivity index (χ0n) is 11.9. The third kappa shape index (κ3) is 2.58. The summed E-state index contributed by atoms with van der Waals surface area (Å²) in [4.78, 5) is 12.2. The largest absolute Gasteiger partial charge is 0.454 e. The number of hydrogen-bond acceptors (Lipinski definition) is 4. The summed E-state index contributed by atoms with van der Waals surface area (Å²) in [6, 6.07) is 4.10. The third-order valence-corrected chi connectivity index (χ3v) is 2.56. The molecule has 0 aliphatic carbocycles. The third-order valence-electron chi connectivity index (χ3n) is 2.56. The Morgan fingerprint density at radius 3 is 3.00 bits per heavy atom. The highest BCUT2D eigenvalue weighted by molar-refractivity contribution is 6.00. The van der Waals surface area contributed by atoms with Crippen molar-refractivity contribution in [1.82, 2.24) is 5.32 Å². The Morgan fingerprint density at radius 2 is 2.29 bits per heavy atom. The van der Waals surface area contributed by atoms with Gasteiger partial charge in [-0.05, 0) is 31.6 Å². The predicted molar refractivity (Wildman–Crippen MR) is 66.8 cm³/mol. The van der Waals surface area contributed by atoms with Crippen LogP contribution in [0.15, 0.2) is 18.2 Å². The second-order valence-electron chi connectivity index (χ2n) is 3.54. The molecule has 1 aromatic rings. The minimum absolute atomic E-state index is 0. The van der Waals surface area contributed by atoms with Gasteiger partial charge in [-0.25, -0.2) is 0 Å². The molecule has 0 radical (unpaired) electrons. The molecular formula is C13H19NO3. The van der Waals surface area contributed by atoms with Crippen molar-refractivity contribution in [2.45, 2.75) is 26.8 Å². The van der Waals surface area contributed by atoms with Crippen LogP contribution in [0.3, 0.4) is 0 Å². The summed E-state index contributed by atoms with van der Waals surface area (Å²) in [5, 5.41) is 2.35. The average Bonchev–Trinajstić information content (AvgIpc) is 2.81. The van der Waals surface area contributed by atoms with Crippen LogP contribution in [-0.4, -0.2) is 25.6 Å². The molecule has 0 bridgehead atoms. The van der Waals surface area contributed by atoms with Crippen LogP contribution in [0.1, 0.15) is 35.2 Å². The zero-order valence-corrected chi connectivity index (χ0v) is 8.95. The molecule has 94 valence electrons. The minimum Gasteiger partial charge on any atom is -0.454 e. The van der Waals surface area contributed by atoms with Crippen molar-refractivity contribution < 1.29 is 18.4 Å². The molecular weight excluding hydrogens is 218 g/mol. The maximum atomic E-state index is 12.2. The molecule has 0 saturated heterocycles. The van der Waals surface area contributed by atoms with Gasteiger partial charge in [0.1, 0.15) is 0 Å². The van der Waals surface area contributed by atoms with Gasteiger partial charge in [-0.3, -0.25) is 4.79 Å². The quantitative estimate of drug-likeness (QED) is 0.820. The molecule has 1 atom stereocenters. The van der Waals surface area contributed by atoms with Gasteiger partial charge in [0.25, 0.3) is 0 Å². The van der Waals surface area contributed by atoms with Crippen LogP contribution in [0.25, 0.3) is 0 Å². The molecule has 1 aliphatic heterocycles. The number of carbonyl (C=O) groups is 1. The van der Waals surface area contributed by atoms with Crippen molar-refractivity contribution in [1.29, 1.82) is 0 Å². The van der Waals surface area contributed by atoms with E-state index in [2.05, 4.69) is 5.32 Å². The smallest absolute Gasteiger partial charge is 0.231 e. The average molecular weight is 240 g/mol. The van der Waals surface area contributed by atoms with Gasteiger partial charge in [-0.2, -0.15) is 0 Å². The number of nitrogens with one attached hydrogen (secondary N) is 1. The van der Waals surface area contributed by atoms with E-state index in [1.165, 1.54) is 0 Å². The fourth-order valence-corrected chi connectivity index (χ4v) is 1.60. The predicted octanol–water partition coefficient (Wildman–Crippen LogP) is 2.23. The van der Waals surface area contributed by atoms with Crippen molar-refractivity contribution in [3.63, 3.8) is 0 Å². The zero-order chi connectivity index (χ0) is 14.0. The van der Waals surface area contributed by atoms with E-state index in [0.29, 0.717) is 23.5 Å². The van der Waals surface area contributed by atoms with E-state index in [0.717, 1.165) is 0 Å². The Hall–Kier alpha value is -1.55. The number of rotatable bonds is 4. The lowest BCUT2D eigenvalue weighted by atomic mass is 10.0. The van der Waals surface area contributed by atoms with Gasteiger partial charge in [0.05, 0.1) is 6.04 Å². The number of fused-ring (bicyclic) bond motifs is 1. The van der Waals surface area contributed by atoms with E-state index in [1.807, 2.05) is 0 Å². The first-order valence-electron chi connectivity index (χ1n) is 6.62. The maximum Gasteiger partial charge on any atom is 0.231 e. The van der Waals surface area contributed by atoms with Gasteiger partial charge >= 0.3 is 0 Å². The van der Waals surface area contributed by atoms with E-state index in [4.69, 9.17) is 13.6 Å². The van der Waals surface area contributed by atoms with Crippen LogP contribution in [0.4, 0.5) is 0 Å². The van der Waals surface area contributed by atoms with Crippen molar-refractivity contribution in [2.75, 3.05) is 13.8 Å². The standard InChI is InChI=1S/C12H15NO3.CH4/c1-3-9(13-2)12(14)8-4-5-10-11(6-8)16-7-15-10;/h4-6,9,13H,3,7H2,1-2H3;1H4/i2D3;. The summed E-state index contributed by atoms with van der Waals surface area (Å²) in [7, 11) is 0. The van der Waals surface area contributed by atoms with Crippen molar-refractivity contribution in [3.05, 3.63) is 23.8 Å². The second kappa shape index (κ2) is 5.68. The molecule has 4 heteroatoms. The Bertz CT molecular complexity index is 488.